The van der Waals surface area contributed by atoms with Crippen molar-refractivity contribution < 1.29 is 9.84 Å². The maximum atomic E-state index is 9.13. The highest BCUT2D eigenvalue weighted by molar-refractivity contribution is 4.73. The molecule has 0 aromatic carbocycles. The fraction of sp³-hybridized carbons (Fsp3) is 1.00. The molecule has 0 aromatic heterocycles. The topological polar surface area (TPSA) is 44.7 Å². The van der Waals surface area contributed by atoms with Crippen molar-refractivity contribution in [2.24, 2.45) is 0 Å². The number of nitrogens with zero attached hydrogens (tertiary/aromatic N) is 1. The minimum Gasteiger partial charge on any atom is -0.395 e. The van der Waals surface area contributed by atoms with E-state index in [1.54, 1.807) is 7.11 Å². The van der Waals surface area contributed by atoms with Gasteiger partial charge >= 0.3 is 0 Å². The average molecular weight is 218 g/mol. The Bertz CT molecular complexity index is 141. The van der Waals surface area contributed by atoms with Crippen LogP contribution < -0.4 is 5.32 Å². The smallest absolute Gasteiger partial charge is 0.0597 e. The number of methoxy groups -OCH3 is 1. The first-order valence-electron chi connectivity index (χ1n) is 5.70. The SMILES string of the molecule is CCC(C)N(CCOC)CC(CO)NC. The van der Waals surface area contributed by atoms with E-state index in [0.29, 0.717) is 6.04 Å². The second-order valence-electron chi connectivity index (χ2n) is 3.91. The summed E-state index contributed by atoms with van der Waals surface area (Å²) in [7, 11) is 3.60. The molecule has 0 aliphatic heterocycles. The van der Waals surface area contributed by atoms with Crippen LogP contribution in [0.1, 0.15) is 20.3 Å². The van der Waals surface area contributed by atoms with Gasteiger partial charge in [-0.3, -0.25) is 4.90 Å². The van der Waals surface area contributed by atoms with Gasteiger partial charge in [-0.15, -0.1) is 0 Å². The van der Waals surface area contributed by atoms with Crippen LogP contribution in [0.5, 0.6) is 0 Å². The fourth-order valence-corrected chi connectivity index (χ4v) is 1.48. The largest absolute Gasteiger partial charge is 0.395 e. The number of aliphatic hydroxyl groups is 1. The summed E-state index contributed by atoms with van der Waals surface area (Å²) in [6.07, 6.45) is 1.12. The minimum atomic E-state index is 0.149. The molecule has 0 amide bonds. The lowest BCUT2D eigenvalue weighted by atomic mass is 10.2. The Morgan fingerprint density at radius 3 is 2.53 bits per heavy atom. The molecule has 0 saturated heterocycles. The summed E-state index contributed by atoms with van der Waals surface area (Å²) in [5.41, 5.74) is 0. The number of ether oxygens (including phenoxy) is 1. The lowest BCUT2D eigenvalue weighted by Gasteiger charge is -2.31. The zero-order valence-corrected chi connectivity index (χ0v) is 10.5. The van der Waals surface area contributed by atoms with Crippen LogP contribution >= 0.6 is 0 Å². The molecule has 92 valence electrons. The molecule has 15 heavy (non-hydrogen) atoms. The highest BCUT2D eigenvalue weighted by atomic mass is 16.5. The van der Waals surface area contributed by atoms with Crippen LogP contribution in [0.25, 0.3) is 0 Å². The maximum Gasteiger partial charge on any atom is 0.0597 e. The van der Waals surface area contributed by atoms with E-state index in [0.717, 1.165) is 26.1 Å². The van der Waals surface area contributed by atoms with Gasteiger partial charge < -0.3 is 15.2 Å². The van der Waals surface area contributed by atoms with Crippen molar-refractivity contribution in [3.63, 3.8) is 0 Å². The second-order valence-corrected chi connectivity index (χ2v) is 3.91. The van der Waals surface area contributed by atoms with Crippen LogP contribution in [0.3, 0.4) is 0 Å². The number of likely N-dealkylation sites (N-methyl/N-ethyl adjacent to an activating group) is 1. The predicted octanol–water partition coefficient (Wildman–Crippen LogP) is 0.314. The van der Waals surface area contributed by atoms with E-state index in [1.165, 1.54) is 0 Å². The van der Waals surface area contributed by atoms with Gasteiger partial charge in [0.05, 0.1) is 13.2 Å². The normalized spacial score (nSPS) is 15.6. The molecule has 0 aliphatic carbocycles. The molecule has 0 rings (SSSR count). The molecule has 0 spiro atoms. The lowest BCUT2D eigenvalue weighted by molar-refractivity contribution is 0.104. The number of rotatable bonds is 9. The number of hydrogen-bond acceptors (Lipinski definition) is 4. The first-order chi connectivity index (χ1) is 7.19. The molecule has 0 aromatic rings. The summed E-state index contributed by atoms with van der Waals surface area (Å²) < 4.78 is 5.09. The van der Waals surface area contributed by atoms with Crippen molar-refractivity contribution in [2.45, 2.75) is 32.4 Å². The van der Waals surface area contributed by atoms with E-state index in [1.807, 2.05) is 7.05 Å². The summed E-state index contributed by atoms with van der Waals surface area (Å²) in [6, 6.07) is 0.679. The monoisotopic (exact) mass is 218 g/mol. The van der Waals surface area contributed by atoms with E-state index in [9.17, 15) is 0 Å². The Hall–Kier alpha value is -0.160. The molecule has 4 heteroatoms. The zero-order valence-electron chi connectivity index (χ0n) is 10.5. The predicted molar refractivity (Wildman–Crippen MR) is 63.1 cm³/mol. The minimum absolute atomic E-state index is 0.149. The van der Waals surface area contributed by atoms with Gasteiger partial charge in [0.15, 0.2) is 0 Å². The van der Waals surface area contributed by atoms with Gasteiger partial charge in [-0.1, -0.05) is 6.92 Å². The molecule has 4 nitrogen and oxygen atoms in total. The Morgan fingerprint density at radius 2 is 2.13 bits per heavy atom. The van der Waals surface area contributed by atoms with E-state index >= 15 is 0 Å². The van der Waals surface area contributed by atoms with Crippen molar-refractivity contribution in [3.8, 4) is 0 Å². The maximum absolute atomic E-state index is 9.13. The van der Waals surface area contributed by atoms with Gasteiger partial charge in [-0.2, -0.15) is 0 Å². The molecule has 0 bridgehead atoms. The third kappa shape index (κ3) is 6.10. The van der Waals surface area contributed by atoms with Crippen LogP contribution in [0.4, 0.5) is 0 Å². The van der Waals surface area contributed by atoms with E-state index < -0.39 is 0 Å². The molecular weight excluding hydrogens is 192 g/mol. The van der Waals surface area contributed by atoms with E-state index in [4.69, 9.17) is 9.84 Å². The second kappa shape index (κ2) is 9.09. The quantitative estimate of drug-likeness (QED) is 0.585. The zero-order chi connectivity index (χ0) is 11.7. The highest BCUT2D eigenvalue weighted by Crippen LogP contribution is 2.04. The fourth-order valence-electron chi connectivity index (χ4n) is 1.48. The van der Waals surface area contributed by atoms with E-state index in [2.05, 4.69) is 24.1 Å². The van der Waals surface area contributed by atoms with Crippen molar-refractivity contribution >= 4 is 0 Å². The summed E-state index contributed by atoms with van der Waals surface area (Å²) in [5.74, 6) is 0. The molecule has 0 heterocycles. The van der Waals surface area contributed by atoms with Crippen molar-refractivity contribution in [3.05, 3.63) is 0 Å². The van der Waals surface area contributed by atoms with Crippen LogP contribution in [0, 0.1) is 0 Å². The van der Waals surface area contributed by atoms with Crippen molar-refractivity contribution in [1.82, 2.24) is 10.2 Å². The van der Waals surface area contributed by atoms with Crippen LogP contribution in [0.2, 0.25) is 0 Å². The van der Waals surface area contributed by atoms with Crippen LogP contribution in [-0.2, 0) is 4.74 Å². The van der Waals surface area contributed by atoms with Gasteiger partial charge in [-0.25, -0.2) is 0 Å². The lowest BCUT2D eigenvalue weighted by Crippen LogP contribution is -2.46. The molecule has 2 unspecified atom stereocenters. The van der Waals surface area contributed by atoms with Gasteiger partial charge in [0.1, 0.15) is 0 Å². The number of hydrogen-bond donors (Lipinski definition) is 2. The number of nitrogens with one attached hydrogen (secondary N) is 1. The Balaban J connectivity index is 4.09. The molecular formula is C11H26N2O2. The molecule has 0 fully saturated rings. The molecule has 0 aliphatic rings. The van der Waals surface area contributed by atoms with Crippen molar-refractivity contribution in [2.75, 3.05) is 40.5 Å². The average Bonchev–Trinajstić information content (AvgIpc) is 2.28. The van der Waals surface area contributed by atoms with Gasteiger partial charge in [0.25, 0.3) is 0 Å². The van der Waals surface area contributed by atoms with Gasteiger partial charge in [0.2, 0.25) is 0 Å². The summed E-state index contributed by atoms with van der Waals surface area (Å²) in [6.45, 7) is 7.09. The first kappa shape index (κ1) is 14.8. The van der Waals surface area contributed by atoms with Gasteiger partial charge in [-0.05, 0) is 20.4 Å². The van der Waals surface area contributed by atoms with Crippen LogP contribution in [-0.4, -0.2) is 62.6 Å². The standard InChI is InChI=1S/C11H26N2O2/c1-5-10(2)13(6-7-15-4)8-11(9-14)12-3/h10-12,14H,5-9H2,1-4H3. The summed E-state index contributed by atoms with van der Waals surface area (Å²) in [5, 5.41) is 12.2. The highest BCUT2D eigenvalue weighted by Gasteiger charge is 2.15. The van der Waals surface area contributed by atoms with Crippen molar-refractivity contribution in [1.29, 1.82) is 0 Å². The summed E-state index contributed by atoms with van der Waals surface area (Å²) >= 11 is 0. The third-order valence-corrected chi connectivity index (χ3v) is 2.88. The molecule has 2 atom stereocenters. The number of aliphatic hydroxyl groups excluding tert-OH is 1. The molecule has 2 N–H and O–H groups in total. The third-order valence-electron chi connectivity index (χ3n) is 2.88. The van der Waals surface area contributed by atoms with E-state index in [-0.39, 0.29) is 12.6 Å². The van der Waals surface area contributed by atoms with Gasteiger partial charge in [0, 0.05) is 32.3 Å². The Labute approximate surface area is 93.6 Å². The molecule has 0 radical (unpaired) electrons. The molecule has 0 saturated carbocycles. The van der Waals surface area contributed by atoms with Crippen LogP contribution in [0.15, 0.2) is 0 Å². The summed E-state index contributed by atoms with van der Waals surface area (Å²) in [4.78, 5) is 2.35. The Morgan fingerprint density at radius 1 is 1.47 bits per heavy atom. The Kier molecular flexibility index (Phi) is 9.00. The first-order valence-corrected chi connectivity index (χ1v) is 5.70.